The van der Waals surface area contributed by atoms with Crippen LogP contribution >= 0.6 is 11.3 Å². The smallest absolute Gasteiger partial charge is 0.261 e. The van der Waals surface area contributed by atoms with Gasteiger partial charge in [0.15, 0.2) is 0 Å². The van der Waals surface area contributed by atoms with Gasteiger partial charge in [-0.2, -0.15) is 0 Å². The molecular weight excluding hydrogens is 248 g/mol. The first-order valence-electron chi connectivity index (χ1n) is 4.75. The van der Waals surface area contributed by atoms with E-state index in [0.29, 0.717) is 24.4 Å². The summed E-state index contributed by atoms with van der Waals surface area (Å²) in [5.41, 5.74) is 0. The molecule has 0 atom stereocenters. The highest BCUT2D eigenvalue weighted by Crippen LogP contribution is 2.07. The fourth-order valence-corrected chi connectivity index (χ4v) is 2.20. The summed E-state index contributed by atoms with van der Waals surface area (Å²) in [6.07, 6.45) is 1.68. The Morgan fingerprint density at radius 1 is 1.44 bits per heavy atom. The van der Waals surface area contributed by atoms with Gasteiger partial charge in [-0.3, -0.25) is 4.79 Å². The van der Waals surface area contributed by atoms with Crippen molar-refractivity contribution in [3.63, 3.8) is 0 Å². The van der Waals surface area contributed by atoms with Gasteiger partial charge in [-0.25, -0.2) is 13.1 Å². The standard InChI is InChI=1S/C9H14N2O3S2/c1-16(13,14)11-6-3-5-10-9(12)8-4-2-7-15-8/h2,4,7,11H,3,5-6H2,1H3,(H,10,12). The van der Waals surface area contributed by atoms with E-state index in [1.807, 2.05) is 11.4 Å². The van der Waals surface area contributed by atoms with E-state index in [0.717, 1.165) is 6.26 Å². The van der Waals surface area contributed by atoms with Gasteiger partial charge in [0.05, 0.1) is 11.1 Å². The molecule has 0 aliphatic rings. The molecular formula is C9H14N2O3S2. The lowest BCUT2D eigenvalue weighted by atomic mass is 10.4. The summed E-state index contributed by atoms with van der Waals surface area (Å²) in [6.45, 7) is 0.794. The van der Waals surface area contributed by atoms with E-state index in [9.17, 15) is 13.2 Å². The third kappa shape index (κ3) is 5.24. The molecule has 0 saturated carbocycles. The fraction of sp³-hybridized carbons (Fsp3) is 0.444. The molecule has 0 aromatic carbocycles. The number of hydrogen-bond acceptors (Lipinski definition) is 4. The van der Waals surface area contributed by atoms with E-state index in [-0.39, 0.29) is 5.91 Å². The van der Waals surface area contributed by atoms with Crippen molar-refractivity contribution in [3.8, 4) is 0 Å². The van der Waals surface area contributed by atoms with Gasteiger partial charge in [-0.05, 0) is 17.9 Å². The molecule has 0 radical (unpaired) electrons. The predicted octanol–water partition coefficient (Wildman–Crippen LogP) is 0.417. The summed E-state index contributed by atoms with van der Waals surface area (Å²) in [7, 11) is -3.13. The molecule has 2 N–H and O–H groups in total. The number of carbonyl (C=O) groups excluding carboxylic acids is 1. The van der Waals surface area contributed by atoms with Gasteiger partial charge in [0, 0.05) is 13.1 Å². The van der Waals surface area contributed by atoms with Gasteiger partial charge >= 0.3 is 0 Å². The second-order valence-electron chi connectivity index (χ2n) is 3.25. The third-order valence-electron chi connectivity index (χ3n) is 1.75. The molecule has 0 fully saturated rings. The molecule has 1 heterocycles. The number of thiophene rings is 1. The molecule has 16 heavy (non-hydrogen) atoms. The summed E-state index contributed by atoms with van der Waals surface area (Å²) in [4.78, 5) is 12.1. The van der Waals surface area contributed by atoms with E-state index in [1.54, 1.807) is 6.07 Å². The van der Waals surface area contributed by atoms with Crippen LogP contribution in [0.25, 0.3) is 0 Å². The van der Waals surface area contributed by atoms with Crippen molar-refractivity contribution in [1.82, 2.24) is 10.0 Å². The second kappa shape index (κ2) is 5.97. The number of hydrogen-bond donors (Lipinski definition) is 2. The summed E-state index contributed by atoms with van der Waals surface area (Å²) in [6, 6.07) is 3.56. The van der Waals surface area contributed by atoms with Gasteiger partial charge in [0.2, 0.25) is 10.0 Å². The Morgan fingerprint density at radius 2 is 2.19 bits per heavy atom. The minimum absolute atomic E-state index is 0.116. The van der Waals surface area contributed by atoms with E-state index in [2.05, 4.69) is 10.0 Å². The minimum Gasteiger partial charge on any atom is -0.351 e. The number of carbonyl (C=O) groups is 1. The Balaban J connectivity index is 2.15. The Kier molecular flexibility index (Phi) is 4.91. The predicted molar refractivity (Wildman–Crippen MR) is 64.1 cm³/mol. The van der Waals surface area contributed by atoms with Crippen LogP contribution in [-0.2, 0) is 10.0 Å². The quantitative estimate of drug-likeness (QED) is 0.729. The summed E-state index contributed by atoms with van der Waals surface area (Å²) < 4.78 is 23.8. The van der Waals surface area contributed by atoms with Gasteiger partial charge in [-0.15, -0.1) is 11.3 Å². The van der Waals surface area contributed by atoms with Crippen molar-refractivity contribution in [2.75, 3.05) is 19.3 Å². The van der Waals surface area contributed by atoms with Crippen LogP contribution < -0.4 is 10.0 Å². The molecule has 1 aromatic heterocycles. The Morgan fingerprint density at radius 3 is 2.75 bits per heavy atom. The van der Waals surface area contributed by atoms with Crippen LogP contribution in [0.15, 0.2) is 17.5 Å². The van der Waals surface area contributed by atoms with Crippen LogP contribution in [0.3, 0.4) is 0 Å². The van der Waals surface area contributed by atoms with Crippen molar-refractivity contribution in [3.05, 3.63) is 22.4 Å². The van der Waals surface area contributed by atoms with Crippen LogP contribution in [0.2, 0.25) is 0 Å². The molecule has 0 aliphatic carbocycles. The van der Waals surface area contributed by atoms with Crippen molar-refractivity contribution in [2.45, 2.75) is 6.42 Å². The number of sulfonamides is 1. The molecule has 0 spiro atoms. The zero-order valence-corrected chi connectivity index (χ0v) is 10.5. The van der Waals surface area contributed by atoms with Gasteiger partial charge in [0.25, 0.3) is 5.91 Å². The van der Waals surface area contributed by atoms with E-state index < -0.39 is 10.0 Å². The van der Waals surface area contributed by atoms with Gasteiger partial charge < -0.3 is 5.32 Å². The molecule has 1 amide bonds. The van der Waals surface area contributed by atoms with E-state index in [4.69, 9.17) is 0 Å². The Labute approximate surface area is 98.9 Å². The SMILES string of the molecule is CS(=O)(=O)NCCCNC(=O)c1cccs1. The van der Waals surface area contributed by atoms with Crippen LogP contribution in [0, 0.1) is 0 Å². The highest BCUT2D eigenvalue weighted by Gasteiger charge is 2.05. The number of rotatable bonds is 6. The van der Waals surface area contributed by atoms with Gasteiger partial charge in [-0.1, -0.05) is 6.07 Å². The molecule has 1 aromatic rings. The summed E-state index contributed by atoms with van der Waals surface area (Å²) in [5.74, 6) is -0.116. The molecule has 0 bridgehead atoms. The lowest BCUT2D eigenvalue weighted by molar-refractivity contribution is 0.0957. The van der Waals surface area contributed by atoms with Crippen molar-refractivity contribution >= 4 is 27.3 Å². The first-order chi connectivity index (χ1) is 7.49. The molecule has 7 heteroatoms. The monoisotopic (exact) mass is 262 g/mol. The van der Waals surface area contributed by atoms with E-state index in [1.165, 1.54) is 11.3 Å². The lowest BCUT2D eigenvalue weighted by Crippen LogP contribution is -2.28. The van der Waals surface area contributed by atoms with Crippen molar-refractivity contribution < 1.29 is 13.2 Å². The summed E-state index contributed by atoms with van der Waals surface area (Å²) in [5, 5.41) is 4.54. The first kappa shape index (κ1) is 13.1. The number of nitrogens with one attached hydrogen (secondary N) is 2. The topological polar surface area (TPSA) is 75.3 Å². The van der Waals surface area contributed by atoms with Crippen LogP contribution in [0.5, 0.6) is 0 Å². The molecule has 0 aliphatic heterocycles. The van der Waals surface area contributed by atoms with Crippen LogP contribution in [0.4, 0.5) is 0 Å². The zero-order chi connectivity index (χ0) is 12.0. The molecule has 0 unspecified atom stereocenters. The summed E-state index contributed by atoms with van der Waals surface area (Å²) >= 11 is 1.38. The average molecular weight is 262 g/mol. The second-order valence-corrected chi connectivity index (χ2v) is 6.03. The lowest BCUT2D eigenvalue weighted by Gasteiger charge is -2.04. The molecule has 90 valence electrons. The van der Waals surface area contributed by atoms with Crippen molar-refractivity contribution in [1.29, 1.82) is 0 Å². The molecule has 5 nitrogen and oxygen atoms in total. The largest absolute Gasteiger partial charge is 0.351 e. The van der Waals surface area contributed by atoms with Gasteiger partial charge in [0.1, 0.15) is 0 Å². The Hall–Kier alpha value is -0.920. The number of amides is 1. The van der Waals surface area contributed by atoms with Crippen molar-refractivity contribution in [2.24, 2.45) is 0 Å². The maximum atomic E-state index is 11.4. The van der Waals surface area contributed by atoms with Crippen LogP contribution in [-0.4, -0.2) is 33.7 Å². The van der Waals surface area contributed by atoms with E-state index >= 15 is 0 Å². The molecule has 1 rings (SSSR count). The fourth-order valence-electron chi connectivity index (χ4n) is 1.04. The minimum atomic E-state index is -3.13. The maximum Gasteiger partial charge on any atom is 0.261 e. The zero-order valence-electron chi connectivity index (χ0n) is 8.89. The molecule has 0 saturated heterocycles. The highest BCUT2D eigenvalue weighted by atomic mass is 32.2. The maximum absolute atomic E-state index is 11.4. The normalized spacial score (nSPS) is 11.3. The third-order valence-corrected chi connectivity index (χ3v) is 3.35. The first-order valence-corrected chi connectivity index (χ1v) is 7.52. The van der Waals surface area contributed by atoms with Crippen LogP contribution in [0.1, 0.15) is 16.1 Å². The average Bonchev–Trinajstić information content (AvgIpc) is 2.67. The highest BCUT2D eigenvalue weighted by molar-refractivity contribution is 7.88. The Bertz CT molecular complexity index is 426.